The standard InChI is InChI=1S/C10H18O/c1-8-6-4-5-7-10(8,3)9(2)11/h4-5,8-9,11H,6-7H2,1-3H3. The Hall–Kier alpha value is -0.300. The Balaban J connectivity index is 2.75. The van der Waals surface area contributed by atoms with Gasteiger partial charge in [-0.25, -0.2) is 0 Å². The molecule has 1 rings (SSSR count). The van der Waals surface area contributed by atoms with Crippen molar-refractivity contribution in [2.45, 2.75) is 39.7 Å². The van der Waals surface area contributed by atoms with Crippen LogP contribution in [0.5, 0.6) is 0 Å². The zero-order valence-corrected chi connectivity index (χ0v) is 7.67. The lowest BCUT2D eigenvalue weighted by Gasteiger charge is -2.39. The monoisotopic (exact) mass is 154 g/mol. The summed E-state index contributed by atoms with van der Waals surface area (Å²) >= 11 is 0. The molecule has 0 saturated carbocycles. The lowest BCUT2D eigenvalue weighted by Crippen LogP contribution is -2.37. The van der Waals surface area contributed by atoms with Crippen LogP contribution in [0.1, 0.15) is 33.6 Å². The first-order valence-electron chi connectivity index (χ1n) is 4.40. The third kappa shape index (κ3) is 1.48. The van der Waals surface area contributed by atoms with Gasteiger partial charge in [-0.15, -0.1) is 0 Å². The second-order valence-electron chi connectivity index (χ2n) is 3.99. The van der Waals surface area contributed by atoms with Crippen LogP contribution in [0.15, 0.2) is 12.2 Å². The maximum atomic E-state index is 9.57. The van der Waals surface area contributed by atoms with Crippen LogP contribution >= 0.6 is 0 Å². The number of allylic oxidation sites excluding steroid dienone is 2. The van der Waals surface area contributed by atoms with Crippen molar-refractivity contribution >= 4 is 0 Å². The normalized spacial score (nSPS) is 40.5. The lowest BCUT2D eigenvalue weighted by molar-refractivity contribution is 0.00993. The van der Waals surface area contributed by atoms with Crippen molar-refractivity contribution < 1.29 is 5.11 Å². The van der Waals surface area contributed by atoms with E-state index in [0.717, 1.165) is 12.8 Å². The van der Waals surface area contributed by atoms with Gasteiger partial charge < -0.3 is 5.11 Å². The van der Waals surface area contributed by atoms with E-state index in [2.05, 4.69) is 26.0 Å². The summed E-state index contributed by atoms with van der Waals surface area (Å²) in [6.45, 7) is 6.29. The van der Waals surface area contributed by atoms with Gasteiger partial charge in [0, 0.05) is 0 Å². The summed E-state index contributed by atoms with van der Waals surface area (Å²) in [6.07, 6.45) is 6.34. The van der Waals surface area contributed by atoms with Gasteiger partial charge in [-0.1, -0.05) is 26.0 Å². The average Bonchev–Trinajstić information content (AvgIpc) is 1.95. The van der Waals surface area contributed by atoms with Crippen molar-refractivity contribution in [3.05, 3.63) is 12.2 Å². The van der Waals surface area contributed by atoms with E-state index in [4.69, 9.17) is 0 Å². The molecule has 0 saturated heterocycles. The minimum atomic E-state index is -0.192. The van der Waals surface area contributed by atoms with Crippen LogP contribution in [0.4, 0.5) is 0 Å². The van der Waals surface area contributed by atoms with E-state index >= 15 is 0 Å². The molecule has 0 aromatic carbocycles. The second kappa shape index (κ2) is 2.98. The first-order valence-corrected chi connectivity index (χ1v) is 4.40. The minimum Gasteiger partial charge on any atom is -0.393 e. The number of aliphatic hydroxyl groups excluding tert-OH is 1. The highest BCUT2D eigenvalue weighted by Gasteiger charge is 2.35. The molecule has 0 aromatic heterocycles. The van der Waals surface area contributed by atoms with Crippen LogP contribution in [-0.4, -0.2) is 11.2 Å². The van der Waals surface area contributed by atoms with E-state index in [9.17, 15) is 5.11 Å². The molecule has 1 nitrogen and oxygen atoms in total. The zero-order chi connectivity index (χ0) is 8.48. The maximum Gasteiger partial charge on any atom is 0.0571 e. The highest BCUT2D eigenvalue weighted by atomic mass is 16.3. The fraction of sp³-hybridized carbons (Fsp3) is 0.800. The van der Waals surface area contributed by atoms with Gasteiger partial charge in [-0.2, -0.15) is 0 Å². The molecule has 0 bridgehead atoms. The third-order valence-electron chi connectivity index (χ3n) is 3.29. The predicted molar refractivity (Wildman–Crippen MR) is 47.3 cm³/mol. The minimum absolute atomic E-state index is 0.106. The van der Waals surface area contributed by atoms with E-state index in [1.165, 1.54) is 0 Å². The SMILES string of the molecule is CC(O)C1(C)CC=CCC1C. The van der Waals surface area contributed by atoms with Crippen LogP contribution in [-0.2, 0) is 0 Å². The van der Waals surface area contributed by atoms with Crippen molar-refractivity contribution in [2.75, 3.05) is 0 Å². The summed E-state index contributed by atoms with van der Waals surface area (Å²) in [4.78, 5) is 0. The largest absolute Gasteiger partial charge is 0.393 e. The quantitative estimate of drug-likeness (QED) is 0.575. The van der Waals surface area contributed by atoms with Crippen LogP contribution in [0.2, 0.25) is 0 Å². The van der Waals surface area contributed by atoms with E-state index in [1.54, 1.807) is 0 Å². The van der Waals surface area contributed by atoms with Gasteiger partial charge in [0.2, 0.25) is 0 Å². The summed E-state index contributed by atoms with van der Waals surface area (Å²) in [5.41, 5.74) is 0.106. The molecule has 64 valence electrons. The number of rotatable bonds is 1. The summed E-state index contributed by atoms with van der Waals surface area (Å²) in [7, 11) is 0. The van der Waals surface area contributed by atoms with Crippen LogP contribution in [0, 0.1) is 11.3 Å². The van der Waals surface area contributed by atoms with Gasteiger partial charge in [0.1, 0.15) is 0 Å². The van der Waals surface area contributed by atoms with Crippen molar-refractivity contribution in [2.24, 2.45) is 11.3 Å². The molecule has 0 heterocycles. The number of hydrogen-bond acceptors (Lipinski definition) is 1. The average molecular weight is 154 g/mol. The van der Waals surface area contributed by atoms with E-state index in [0.29, 0.717) is 5.92 Å². The predicted octanol–water partition coefficient (Wildman–Crippen LogP) is 2.36. The Kier molecular flexibility index (Phi) is 2.38. The van der Waals surface area contributed by atoms with Crippen molar-refractivity contribution in [1.29, 1.82) is 0 Å². The molecule has 0 aliphatic heterocycles. The highest BCUT2D eigenvalue weighted by Crippen LogP contribution is 2.40. The van der Waals surface area contributed by atoms with Gasteiger partial charge in [0.05, 0.1) is 6.10 Å². The van der Waals surface area contributed by atoms with Crippen LogP contribution < -0.4 is 0 Å². The lowest BCUT2D eigenvalue weighted by atomic mass is 9.68. The summed E-state index contributed by atoms with van der Waals surface area (Å²) in [5, 5.41) is 9.57. The first-order chi connectivity index (χ1) is 5.07. The van der Waals surface area contributed by atoms with Gasteiger partial charge in [0.25, 0.3) is 0 Å². The molecule has 3 atom stereocenters. The van der Waals surface area contributed by atoms with E-state index < -0.39 is 0 Å². The Morgan fingerprint density at radius 2 is 2.18 bits per heavy atom. The molecule has 0 fully saturated rings. The van der Waals surface area contributed by atoms with Crippen molar-refractivity contribution in [3.63, 3.8) is 0 Å². The number of hydrogen-bond donors (Lipinski definition) is 1. The second-order valence-corrected chi connectivity index (χ2v) is 3.99. The molecule has 1 heteroatoms. The highest BCUT2D eigenvalue weighted by molar-refractivity contribution is 5.01. The van der Waals surface area contributed by atoms with Gasteiger partial charge >= 0.3 is 0 Å². The van der Waals surface area contributed by atoms with Gasteiger partial charge in [-0.05, 0) is 31.1 Å². The van der Waals surface area contributed by atoms with Gasteiger partial charge in [0.15, 0.2) is 0 Å². The van der Waals surface area contributed by atoms with Crippen molar-refractivity contribution in [1.82, 2.24) is 0 Å². The Bertz CT molecular complexity index is 160. The van der Waals surface area contributed by atoms with Crippen molar-refractivity contribution in [3.8, 4) is 0 Å². The molecule has 11 heavy (non-hydrogen) atoms. The maximum absolute atomic E-state index is 9.57. The molecule has 0 amide bonds. The first kappa shape index (κ1) is 8.79. The summed E-state index contributed by atoms with van der Waals surface area (Å²) in [6, 6.07) is 0. The molecule has 0 aromatic rings. The molecule has 1 N–H and O–H groups in total. The Morgan fingerprint density at radius 1 is 1.55 bits per heavy atom. The third-order valence-corrected chi connectivity index (χ3v) is 3.29. The smallest absolute Gasteiger partial charge is 0.0571 e. The van der Waals surface area contributed by atoms with Crippen LogP contribution in [0.25, 0.3) is 0 Å². The fourth-order valence-electron chi connectivity index (χ4n) is 1.69. The van der Waals surface area contributed by atoms with E-state index in [1.807, 2.05) is 6.92 Å². The van der Waals surface area contributed by atoms with Crippen LogP contribution in [0.3, 0.4) is 0 Å². The molecule has 3 unspecified atom stereocenters. The molecule has 1 aliphatic rings. The molecule has 1 aliphatic carbocycles. The zero-order valence-electron chi connectivity index (χ0n) is 7.67. The Morgan fingerprint density at radius 3 is 2.55 bits per heavy atom. The molecule has 0 radical (unpaired) electrons. The topological polar surface area (TPSA) is 20.2 Å². The summed E-state index contributed by atoms with van der Waals surface area (Å²) < 4.78 is 0. The molecular formula is C10H18O. The Labute approximate surface area is 69.1 Å². The van der Waals surface area contributed by atoms with E-state index in [-0.39, 0.29) is 11.5 Å². The number of aliphatic hydroxyl groups is 1. The summed E-state index contributed by atoms with van der Waals surface area (Å²) in [5.74, 6) is 0.604. The van der Waals surface area contributed by atoms with Gasteiger partial charge in [-0.3, -0.25) is 0 Å². The molecular weight excluding hydrogens is 136 g/mol. The fourth-order valence-corrected chi connectivity index (χ4v) is 1.69. The molecule has 0 spiro atoms.